The van der Waals surface area contributed by atoms with Crippen molar-refractivity contribution in [1.29, 1.82) is 0 Å². The van der Waals surface area contributed by atoms with Gasteiger partial charge in [0.15, 0.2) is 0 Å². The SMILES string of the molecule is O=C(CC12CC3CC(CC(C3)C1)C2)NCc1csc(Cc2ccccc2)n1. The second-order valence-electron chi connectivity index (χ2n) is 9.27. The Labute approximate surface area is 165 Å². The number of hydrogen-bond acceptors (Lipinski definition) is 3. The van der Waals surface area contributed by atoms with E-state index in [1.807, 2.05) is 6.07 Å². The zero-order valence-electron chi connectivity index (χ0n) is 15.8. The fourth-order valence-corrected chi connectivity index (χ4v) is 7.21. The number of carbonyl (C=O) groups excluding carboxylic acids is 1. The zero-order chi connectivity index (χ0) is 18.3. The Morgan fingerprint density at radius 2 is 1.74 bits per heavy atom. The maximum absolute atomic E-state index is 12.7. The molecular weight excluding hydrogens is 352 g/mol. The van der Waals surface area contributed by atoms with Gasteiger partial charge in [-0.05, 0) is 67.3 Å². The van der Waals surface area contributed by atoms with E-state index in [1.54, 1.807) is 11.3 Å². The number of rotatable bonds is 6. The van der Waals surface area contributed by atoms with E-state index in [0.717, 1.165) is 41.3 Å². The van der Waals surface area contributed by atoms with Crippen molar-refractivity contribution in [2.24, 2.45) is 23.2 Å². The Kier molecular flexibility index (Phi) is 4.55. The van der Waals surface area contributed by atoms with Crippen molar-refractivity contribution in [3.05, 3.63) is 52.0 Å². The molecule has 2 aromatic rings. The van der Waals surface area contributed by atoms with Crippen LogP contribution in [0.1, 0.15) is 61.2 Å². The van der Waals surface area contributed by atoms with Gasteiger partial charge in [-0.15, -0.1) is 11.3 Å². The molecule has 0 saturated heterocycles. The summed E-state index contributed by atoms with van der Waals surface area (Å²) in [5, 5.41) is 6.36. The number of carbonyl (C=O) groups is 1. The summed E-state index contributed by atoms with van der Waals surface area (Å²) in [4.78, 5) is 17.4. The average molecular weight is 381 g/mol. The molecule has 4 fully saturated rings. The predicted octanol–water partition coefficient (Wildman–Crippen LogP) is 4.96. The molecule has 0 spiro atoms. The average Bonchev–Trinajstić information content (AvgIpc) is 3.07. The van der Waals surface area contributed by atoms with Crippen molar-refractivity contribution >= 4 is 17.2 Å². The van der Waals surface area contributed by atoms with Gasteiger partial charge in [-0.3, -0.25) is 4.79 Å². The summed E-state index contributed by atoms with van der Waals surface area (Å²) >= 11 is 1.69. The maximum atomic E-state index is 12.7. The standard InChI is InChI=1S/C23H28N2OS/c26-21(13-23-10-17-6-18(11-23)8-19(7-17)12-23)24-14-20-15-27-22(25-20)9-16-4-2-1-3-5-16/h1-5,15,17-19H,6-14H2,(H,24,26). The number of amides is 1. The van der Waals surface area contributed by atoms with Crippen LogP contribution in [0.25, 0.3) is 0 Å². The van der Waals surface area contributed by atoms with Crippen molar-refractivity contribution < 1.29 is 4.79 Å². The molecule has 0 radical (unpaired) electrons. The van der Waals surface area contributed by atoms with Crippen LogP contribution in [-0.4, -0.2) is 10.9 Å². The highest BCUT2D eigenvalue weighted by molar-refractivity contribution is 7.09. The Morgan fingerprint density at radius 3 is 2.41 bits per heavy atom. The first-order valence-electron chi connectivity index (χ1n) is 10.4. The summed E-state index contributed by atoms with van der Waals surface area (Å²) in [6.45, 7) is 0.566. The molecule has 1 aromatic carbocycles. The third-order valence-electron chi connectivity index (χ3n) is 6.96. The Hall–Kier alpha value is -1.68. The van der Waals surface area contributed by atoms with Crippen LogP contribution in [0.5, 0.6) is 0 Å². The van der Waals surface area contributed by atoms with Gasteiger partial charge in [0.05, 0.1) is 17.2 Å². The Bertz CT molecular complexity index is 778. The van der Waals surface area contributed by atoms with E-state index in [-0.39, 0.29) is 5.91 Å². The monoisotopic (exact) mass is 380 g/mol. The van der Waals surface area contributed by atoms with Gasteiger partial charge in [0.25, 0.3) is 0 Å². The molecule has 1 N–H and O–H groups in total. The van der Waals surface area contributed by atoms with Crippen molar-refractivity contribution in [2.75, 3.05) is 0 Å². The molecule has 4 bridgehead atoms. The number of benzene rings is 1. The highest BCUT2D eigenvalue weighted by Crippen LogP contribution is 2.61. The lowest BCUT2D eigenvalue weighted by atomic mass is 9.49. The summed E-state index contributed by atoms with van der Waals surface area (Å²) in [6.07, 6.45) is 9.79. The molecule has 142 valence electrons. The molecule has 4 saturated carbocycles. The van der Waals surface area contributed by atoms with Crippen molar-refractivity contribution in [2.45, 2.75) is 57.9 Å². The lowest BCUT2D eigenvalue weighted by Gasteiger charge is -2.56. The van der Waals surface area contributed by atoms with Crippen molar-refractivity contribution in [3.63, 3.8) is 0 Å². The lowest BCUT2D eigenvalue weighted by Crippen LogP contribution is -2.47. The van der Waals surface area contributed by atoms with Crippen LogP contribution < -0.4 is 5.32 Å². The summed E-state index contributed by atoms with van der Waals surface area (Å²) in [5.74, 6) is 2.95. The van der Waals surface area contributed by atoms with Crippen LogP contribution in [0.15, 0.2) is 35.7 Å². The number of aromatic nitrogens is 1. The first kappa shape index (κ1) is 17.4. The summed E-state index contributed by atoms with van der Waals surface area (Å²) in [7, 11) is 0. The topological polar surface area (TPSA) is 42.0 Å². The van der Waals surface area contributed by atoms with Crippen LogP contribution in [0, 0.1) is 23.2 Å². The van der Waals surface area contributed by atoms with E-state index < -0.39 is 0 Å². The van der Waals surface area contributed by atoms with Crippen LogP contribution in [0.3, 0.4) is 0 Å². The zero-order valence-corrected chi connectivity index (χ0v) is 16.6. The molecule has 6 rings (SSSR count). The van der Waals surface area contributed by atoms with Crippen LogP contribution in [-0.2, 0) is 17.8 Å². The van der Waals surface area contributed by atoms with E-state index in [0.29, 0.717) is 12.0 Å². The van der Waals surface area contributed by atoms with Crippen molar-refractivity contribution in [1.82, 2.24) is 10.3 Å². The molecule has 0 unspecified atom stereocenters. The van der Waals surface area contributed by atoms with Crippen LogP contribution in [0.2, 0.25) is 0 Å². The first-order chi connectivity index (χ1) is 13.2. The third kappa shape index (κ3) is 3.82. The van der Waals surface area contributed by atoms with Crippen LogP contribution >= 0.6 is 11.3 Å². The quantitative estimate of drug-likeness (QED) is 0.770. The molecule has 4 aliphatic rings. The Morgan fingerprint density at radius 1 is 1.07 bits per heavy atom. The summed E-state index contributed by atoms with van der Waals surface area (Å²) in [6, 6.07) is 10.4. The van der Waals surface area contributed by atoms with Gasteiger partial charge in [0, 0.05) is 18.2 Å². The minimum absolute atomic E-state index is 0.231. The van der Waals surface area contributed by atoms with E-state index in [1.165, 1.54) is 44.1 Å². The highest BCUT2D eigenvalue weighted by atomic mass is 32.1. The summed E-state index contributed by atoms with van der Waals surface area (Å²) < 4.78 is 0. The molecule has 4 aliphatic carbocycles. The molecule has 0 atom stereocenters. The van der Waals surface area contributed by atoms with Gasteiger partial charge >= 0.3 is 0 Å². The van der Waals surface area contributed by atoms with Gasteiger partial charge < -0.3 is 5.32 Å². The molecule has 1 heterocycles. The molecule has 4 heteroatoms. The second kappa shape index (κ2) is 7.05. The first-order valence-corrected chi connectivity index (χ1v) is 11.3. The lowest BCUT2D eigenvalue weighted by molar-refractivity contribution is -0.129. The molecule has 27 heavy (non-hydrogen) atoms. The number of nitrogens with one attached hydrogen (secondary N) is 1. The number of hydrogen-bond donors (Lipinski definition) is 1. The fourth-order valence-electron chi connectivity index (χ4n) is 6.38. The van der Waals surface area contributed by atoms with Gasteiger partial charge in [-0.2, -0.15) is 0 Å². The molecule has 1 amide bonds. The molecule has 0 aliphatic heterocycles. The normalized spacial score (nSPS) is 31.2. The molecule has 3 nitrogen and oxygen atoms in total. The minimum Gasteiger partial charge on any atom is -0.350 e. The molecule has 1 aromatic heterocycles. The fraction of sp³-hybridized carbons (Fsp3) is 0.565. The van der Waals surface area contributed by atoms with Gasteiger partial charge in [0.2, 0.25) is 5.91 Å². The van der Waals surface area contributed by atoms with Crippen molar-refractivity contribution in [3.8, 4) is 0 Å². The van der Waals surface area contributed by atoms with E-state index in [9.17, 15) is 4.79 Å². The van der Waals surface area contributed by atoms with E-state index >= 15 is 0 Å². The van der Waals surface area contributed by atoms with E-state index in [4.69, 9.17) is 4.98 Å². The minimum atomic E-state index is 0.231. The predicted molar refractivity (Wildman–Crippen MR) is 108 cm³/mol. The number of nitrogens with zero attached hydrogens (tertiary/aromatic N) is 1. The van der Waals surface area contributed by atoms with Gasteiger partial charge in [0.1, 0.15) is 0 Å². The smallest absolute Gasteiger partial charge is 0.220 e. The Balaban J connectivity index is 1.15. The maximum Gasteiger partial charge on any atom is 0.220 e. The highest BCUT2D eigenvalue weighted by Gasteiger charge is 2.51. The third-order valence-corrected chi connectivity index (χ3v) is 7.86. The van der Waals surface area contributed by atoms with E-state index in [2.05, 4.69) is 35.0 Å². The largest absolute Gasteiger partial charge is 0.350 e. The second-order valence-corrected chi connectivity index (χ2v) is 10.2. The summed E-state index contributed by atoms with van der Waals surface area (Å²) in [5.41, 5.74) is 2.59. The van der Waals surface area contributed by atoms with Gasteiger partial charge in [-0.25, -0.2) is 4.98 Å². The van der Waals surface area contributed by atoms with Crippen LogP contribution in [0.4, 0.5) is 0 Å². The number of thiazole rings is 1. The molecular formula is C23H28N2OS. The van der Waals surface area contributed by atoms with Gasteiger partial charge in [-0.1, -0.05) is 30.3 Å².